The highest BCUT2D eigenvalue weighted by Crippen LogP contribution is 2.10. The van der Waals surface area contributed by atoms with Crippen molar-refractivity contribution in [3.8, 4) is 0 Å². The van der Waals surface area contributed by atoms with E-state index in [1.807, 2.05) is 33.0 Å². The SMILES string of the molecule is C=CC[n+]1c([Si](OCC)(OCC)OCC)c[nH]c1CCC.[Cl-]. The zero-order valence-corrected chi connectivity index (χ0v) is 15.9. The standard InChI is InChI=1S/C15H28N2O3Si.ClH/c1-6-11-14-16-13-15(17(14)12-7-2)21(18-8-3,19-9-4)20-10-5;/h7,13H,2,6,8-12H2,1,3-5H3;1H. The van der Waals surface area contributed by atoms with Crippen LogP contribution in [0.25, 0.3) is 0 Å². The number of rotatable bonds is 11. The van der Waals surface area contributed by atoms with Crippen LogP contribution >= 0.6 is 0 Å². The van der Waals surface area contributed by atoms with E-state index in [2.05, 4.69) is 23.1 Å². The fourth-order valence-corrected chi connectivity index (χ4v) is 5.04. The summed E-state index contributed by atoms with van der Waals surface area (Å²) in [7, 11) is -2.88. The molecular formula is C15H29ClN2O3Si. The molecule has 1 rings (SSSR count). The monoisotopic (exact) mass is 348 g/mol. The summed E-state index contributed by atoms with van der Waals surface area (Å²) >= 11 is 0. The summed E-state index contributed by atoms with van der Waals surface area (Å²) in [4.78, 5) is 3.35. The quantitative estimate of drug-likeness (QED) is 0.307. The zero-order chi connectivity index (χ0) is 15.7. The summed E-state index contributed by atoms with van der Waals surface area (Å²) in [6.07, 6.45) is 5.91. The van der Waals surface area contributed by atoms with E-state index >= 15 is 0 Å². The minimum atomic E-state index is -2.88. The Kier molecular flexibility index (Phi) is 10.6. The summed E-state index contributed by atoms with van der Waals surface area (Å²) < 4.78 is 20.2. The lowest BCUT2D eigenvalue weighted by Crippen LogP contribution is -3.00. The van der Waals surface area contributed by atoms with Gasteiger partial charge in [0.25, 0.3) is 5.82 Å². The van der Waals surface area contributed by atoms with Crippen LogP contribution in [0.4, 0.5) is 0 Å². The second-order valence-electron chi connectivity index (χ2n) is 4.63. The Labute approximate surface area is 141 Å². The predicted molar refractivity (Wildman–Crippen MR) is 85.4 cm³/mol. The van der Waals surface area contributed by atoms with E-state index in [1.54, 1.807) is 0 Å². The fourth-order valence-electron chi connectivity index (χ4n) is 2.41. The molecule has 0 atom stereocenters. The minimum absolute atomic E-state index is 0. The molecule has 0 aliphatic carbocycles. The Bertz CT molecular complexity index is 423. The van der Waals surface area contributed by atoms with Gasteiger partial charge in [0.1, 0.15) is 12.7 Å². The van der Waals surface area contributed by atoms with Crippen molar-refractivity contribution in [2.75, 3.05) is 19.8 Å². The Morgan fingerprint density at radius 1 is 1.14 bits per heavy atom. The summed E-state index contributed by atoms with van der Waals surface area (Å²) in [5.41, 5.74) is 0. The summed E-state index contributed by atoms with van der Waals surface area (Å²) in [5.74, 6) is 1.16. The molecule has 1 N–H and O–H groups in total. The number of hydrogen-bond donors (Lipinski definition) is 1. The number of hydrogen-bond acceptors (Lipinski definition) is 3. The molecule has 0 saturated carbocycles. The average molecular weight is 349 g/mol. The normalized spacial score (nSPS) is 11.3. The molecule has 1 aromatic heterocycles. The molecule has 0 aromatic carbocycles. The number of allylic oxidation sites excluding steroid dienone is 1. The van der Waals surface area contributed by atoms with E-state index in [0.717, 1.165) is 30.5 Å². The van der Waals surface area contributed by atoms with Crippen LogP contribution in [0, 0.1) is 0 Å². The minimum Gasteiger partial charge on any atom is -1.00 e. The van der Waals surface area contributed by atoms with Gasteiger partial charge in [0.2, 0.25) is 5.32 Å². The molecule has 128 valence electrons. The second kappa shape index (κ2) is 11.0. The maximum absolute atomic E-state index is 5.99. The molecule has 5 nitrogen and oxygen atoms in total. The molecule has 1 aromatic rings. The van der Waals surface area contributed by atoms with Crippen LogP contribution in [0.15, 0.2) is 18.9 Å². The number of aromatic amines is 1. The molecule has 0 unspecified atom stereocenters. The first-order chi connectivity index (χ1) is 10.2. The lowest BCUT2D eigenvalue weighted by Gasteiger charge is -2.26. The number of nitrogens with zero attached hydrogens (tertiary/aromatic N) is 1. The van der Waals surface area contributed by atoms with E-state index in [-0.39, 0.29) is 12.4 Å². The summed E-state index contributed by atoms with van der Waals surface area (Å²) in [5, 5.41) is 0.983. The van der Waals surface area contributed by atoms with Crippen molar-refractivity contribution in [1.29, 1.82) is 0 Å². The van der Waals surface area contributed by atoms with Crippen molar-refractivity contribution in [2.45, 2.75) is 47.1 Å². The second-order valence-corrected chi connectivity index (χ2v) is 7.12. The molecular weight excluding hydrogens is 320 g/mol. The first-order valence-corrected chi connectivity index (χ1v) is 9.54. The Balaban J connectivity index is 0.00000441. The smallest absolute Gasteiger partial charge is 0.582 e. The van der Waals surface area contributed by atoms with Crippen molar-refractivity contribution in [3.05, 3.63) is 24.7 Å². The lowest BCUT2D eigenvalue weighted by atomic mass is 10.3. The van der Waals surface area contributed by atoms with Gasteiger partial charge in [-0.2, -0.15) is 0 Å². The molecule has 0 amide bonds. The molecule has 0 bridgehead atoms. The van der Waals surface area contributed by atoms with Crippen LogP contribution in [0.5, 0.6) is 0 Å². The van der Waals surface area contributed by atoms with Gasteiger partial charge in [-0.1, -0.05) is 19.6 Å². The van der Waals surface area contributed by atoms with E-state index in [1.165, 1.54) is 0 Å². The highest BCUT2D eigenvalue weighted by Gasteiger charge is 2.50. The molecule has 0 spiro atoms. The number of aromatic nitrogens is 2. The average Bonchev–Trinajstić information content (AvgIpc) is 2.84. The third-order valence-corrected chi connectivity index (χ3v) is 6.16. The summed E-state index contributed by atoms with van der Waals surface area (Å²) in [6, 6.07) is 0. The van der Waals surface area contributed by atoms with Gasteiger partial charge in [0.05, 0.1) is 0 Å². The molecule has 7 heteroatoms. The molecule has 0 aliphatic rings. The number of halogens is 1. The van der Waals surface area contributed by atoms with Gasteiger partial charge in [-0.3, -0.25) is 0 Å². The Hall–Kier alpha value is -0.663. The van der Waals surface area contributed by atoms with Crippen LogP contribution in [-0.4, -0.2) is 33.6 Å². The van der Waals surface area contributed by atoms with Crippen LogP contribution < -0.4 is 22.3 Å². The lowest BCUT2D eigenvalue weighted by molar-refractivity contribution is -0.678. The fraction of sp³-hybridized carbons (Fsp3) is 0.667. The van der Waals surface area contributed by atoms with E-state index in [0.29, 0.717) is 19.8 Å². The highest BCUT2D eigenvalue weighted by atomic mass is 35.5. The van der Waals surface area contributed by atoms with Gasteiger partial charge >= 0.3 is 8.80 Å². The van der Waals surface area contributed by atoms with Crippen LogP contribution in [0.3, 0.4) is 0 Å². The Morgan fingerprint density at radius 3 is 2.09 bits per heavy atom. The number of imidazole rings is 1. The van der Waals surface area contributed by atoms with Gasteiger partial charge in [-0.05, 0) is 27.2 Å². The van der Waals surface area contributed by atoms with Crippen molar-refractivity contribution in [3.63, 3.8) is 0 Å². The zero-order valence-electron chi connectivity index (χ0n) is 14.2. The molecule has 0 radical (unpaired) electrons. The van der Waals surface area contributed by atoms with E-state index in [4.69, 9.17) is 13.3 Å². The topological polar surface area (TPSA) is 47.4 Å². The number of H-pyrrole nitrogens is 1. The predicted octanol–water partition coefficient (Wildman–Crippen LogP) is -1.30. The number of nitrogens with one attached hydrogen (secondary N) is 1. The van der Waals surface area contributed by atoms with Crippen LogP contribution in [-0.2, 0) is 26.2 Å². The molecule has 0 aliphatic heterocycles. The largest absolute Gasteiger partial charge is 1.00 e. The maximum atomic E-state index is 5.99. The van der Waals surface area contributed by atoms with E-state index < -0.39 is 8.80 Å². The third kappa shape index (κ3) is 4.92. The van der Waals surface area contributed by atoms with Gasteiger partial charge in [-0.25, -0.2) is 9.55 Å². The number of aryl methyl sites for hydroxylation is 1. The molecule has 0 fully saturated rings. The van der Waals surface area contributed by atoms with Crippen molar-refractivity contribution < 1.29 is 30.3 Å². The first kappa shape index (κ1) is 21.3. The summed E-state index contributed by atoms with van der Waals surface area (Å²) in [6.45, 7) is 14.3. The van der Waals surface area contributed by atoms with Crippen molar-refractivity contribution >= 4 is 14.1 Å². The van der Waals surface area contributed by atoms with Crippen molar-refractivity contribution in [1.82, 2.24) is 4.98 Å². The maximum Gasteiger partial charge on any atom is 0.582 e. The van der Waals surface area contributed by atoms with Crippen LogP contribution in [0.1, 0.15) is 39.9 Å². The first-order valence-electron chi connectivity index (χ1n) is 7.82. The van der Waals surface area contributed by atoms with Gasteiger partial charge < -0.3 is 25.7 Å². The van der Waals surface area contributed by atoms with Gasteiger partial charge in [0, 0.05) is 26.2 Å². The van der Waals surface area contributed by atoms with Gasteiger partial charge in [0.15, 0.2) is 0 Å². The third-order valence-electron chi connectivity index (χ3n) is 3.11. The van der Waals surface area contributed by atoms with Crippen molar-refractivity contribution in [2.24, 2.45) is 0 Å². The highest BCUT2D eigenvalue weighted by molar-refractivity contribution is 6.73. The molecule has 22 heavy (non-hydrogen) atoms. The van der Waals surface area contributed by atoms with E-state index in [9.17, 15) is 0 Å². The molecule has 0 saturated heterocycles. The van der Waals surface area contributed by atoms with Gasteiger partial charge in [-0.15, -0.1) is 0 Å². The molecule has 1 heterocycles. The van der Waals surface area contributed by atoms with Crippen LogP contribution in [0.2, 0.25) is 0 Å². The Morgan fingerprint density at radius 2 is 1.68 bits per heavy atom.